The summed E-state index contributed by atoms with van der Waals surface area (Å²) in [6.07, 6.45) is 2.12. The van der Waals surface area contributed by atoms with Gasteiger partial charge in [0, 0.05) is 23.5 Å². The fraction of sp³-hybridized carbons (Fsp3) is 0.316. The number of hydrogen-bond acceptors (Lipinski definition) is 3. The third-order valence-corrected chi connectivity index (χ3v) is 5.02. The summed E-state index contributed by atoms with van der Waals surface area (Å²) in [6.45, 7) is 7.23. The first-order chi connectivity index (χ1) is 12.4. The highest BCUT2D eigenvalue weighted by molar-refractivity contribution is 9.10. The summed E-state index contributed by atoms with van der Waals surface area (Å²) in [7, 11) is 0. The minimum Gasteiger partial charge on any atom is -0.326 e. The summed E-state index contributed by atoms with van der Waals surface area (Å²) < 4.78 is 4.74. The van der Waals surface area contributed by atoms with Crippen molar-refractivity contribution in [2.45, 2.75) is 40.3 Å². The Hall–Kier alpha value is -2.41. The number of nitrogens with one attached hydrogen (secondary N) is 1. The Morgan fingerprint density at radius 2 is 2.00 bits per heavy atom. The van der Waals surface area contributed by atoms with Crippen molar-refractivity contribution < 1.29 is 4.79 Å². The van der Waals surface area contributed by atoms with Gasteiger partial charge in [0.15, 0.2) is 0 Å². The van der Waals surface area contributed by atoms with E-state index in [-0.39, 0.29) is 5.91 Å². The van der Waals surface area contributed by atoms with Crippen LogP contribution in [0.5, 0.6) is 0 Å². The monoisotopic (exact) mass is 415 g/mol. The molecule has 0 aliphatic rings. The van der Waals surface area contributed by atoms with E-state index in [0.29, 0.717) is 19.5 Å². The lowest BCUT2D eigenvalue weighted by molar-refractivity contribution is -0.116. The molecule has 0 saturated heterocycles. The van der Waals surface area contributed by atoms with Crippen LogP contribution in [0.2, 0.25) is 0 Å². The van der Waals surface area contributed by atoms with Gasteiger partial charge < -0.3 is 5.32 Å². The molecule has 0 unspecified atom stereocenters. The van der Waals surface area contributed by atoms with Crippen molar-refractivity contribution in [1.82, 2.24) is 19.6 Å². The summed E-state index contributed by atoms with van der Waals surface area (Å²) in [5.41, 5.74) is 5.04. The topological polar surface area (TPSA) is 64.7 Å². The number of aromatic nitrogens is 4. The Bertz CT molecular complexity index is 928. The van der Waals surface area contributed by atoms with Crippen LogP contribution in [0.1, 0.15) is 29.1 Å². The van der Waals surface area contributed by atoms with Gasteiger partial charge in [-0.1, -0.05) is 12.1 Å². The first-order valence-corrected chi connectivity index (χ1v) is 9.29. The van der Waals surface area contributed by atoms with Crippen molar-refractivity contribution >= 4 is 27.5 Å². The predicted octanol–water partition coefficient (Wildman–Crippen LogP) is 3.84. The van der Waals surface area contributed by atoms with E-state index in [1.807, 2.05) is 54.4 Å². The summed E-state index contributed by atoms with van der Waals surface area (Å²) in [5, 5.41) is 11.7. The third-order valence-electron chi connectivity index (χ3n) is 4.24. The van der Waals surface area contributed by atoms with E-state index in [4.69, 9.17) is 0 Å². The molecule has 26 heavy (non-hydrogen) atoms. The van der Waals surface area contributed by atoms with Crippen molar-refractivity contribution in [2.24, 2.45) is 0 Å². The van der Waals surface area contributed by atoms with Crippen LogP contribution in [0.4, 0.5) is 5.69 Å². The summed E-state index contributed by atoms with van der Waals surface area (Å²) in [4.78, 5) is 12.2. The van der Waals surface area contributed by atoms with E-state index < -0.39 is 0 Å². The van der Waals surface area contributed by atoms with Crippen LogP contribution in [-0.2, 0) is 17.9 Å². The zero-order chi connectivity index (χ0) is 18.7. The second kappa shape index (κ2) is 7.86. The highest BCUT2D eigenvalue weighted by Gasteiger charge is 2.08. The normalized spacial score (nSPS) is 10.9. The molecule has 6 nitrogen and oxygen atoms in total. The number of benzene rings is 1. The molecule has 0 fully saturated rings. The molecule has 7 heteroatoms. The Balaban J connectivity index is 1.60. The second-order valence-electron chi connectivity index (χ2n) is 6.38. The quantitative estimate of drug-likeness (QED) is 0.664. The molecule has 0 radical (unpaired) electrons. The van der Waals surface area contributed by atoms with Crippen LogP contribution in [0, 0.1) is 20.8 Å². The van der Waals surface area contributed by atoms with Crippen molar-refractivity contribution in [2.75, 3.05) is 5.32 Å². The maximum atomic E-state index is 12.2. The first kappa shape index (κ1) is 18.4. The molecule has 1 N–H and O–H groups in total. The standard InChI is InChI=1S/C19H22BrN5O/c1-13-9-14(2)25(23-13)12-16-5-4-6-17(10-16)22-19(26)7-8-24-15(3)18(20)11-21-24/h4-6,9-11H,7-8,12H2,1-3H3,(H,22,26). The van der Waals surface area contributed by atoms with Crippen molar-refractivity contribution in [3.05, 3.63) is 63.6 Å². The van der Waals surface area contributed by atoms with Gasteiger partial charge in [0.2, 0.25) is 5.91 Å². The number of anilines is 1. The molecule has 1 amide bonds. The Morgan fingerprint density at radius 3 is 2.65 bits per heavy atom. The maximum Gasteiger partial charge on any atom is 0.226 e. The molecule has 0 atom stereocenters. The maximum absolute atomic E-state index is 12.2. The molecular weight excluding hydrogens is 394 g/mol. The lowest BCUT2D eigenvalue weighted by atomic mass is 10.2. The number of carbonyl (C=O) groups excluding carboxylic acids is 1. The fourth-order valence-electron chi connectivity index (χ4n) is 2.84. The van der Waals surface area contributed by atoms with E-state index in [0.717, 1.165) is 32.8 Å². The number of rotatable bonds is 6. The van der Waals surface area contributed by atoms with Gasteiger partial charge in [-0.3, -0.25) is 14.2 Å². The molecule has 0 spiro atoms. The average molecular weight is 416 g/mol. The van der Waals surface area contributed by atoms with Gasteiger partial charge >= 0.3 is 0 Å². The molecule has 2 heterocycles. The molecule has 0 aliphatic heterocycles. The molecule has 0 bridgehead atoms. The smallest absolute Gasteiger partial charge is 0.226 e. The molecule has 2 aromatic heterocycles. The number of aryl methyl sites for hydroxylation is 3. The van der Waals surface area contributed by atoms with Crippen LogP contribution in [0.3, 0.4) is 0 Å². The lowest BCUT2D eigenvalue weighted by Crippen LogP contribution is -2.15. The molecule has 0 saturated carbocycles. The zero-order valence-electron chi connectivity index (χ0n) is 15.2. The molecule has 3 rings (SSSR count). The average Bonchev–Trinajstić information content (AvgIpc) is 3.08. The van der Waals surface area contributed by atoms with Crippen LogP contribution in [0.25, 0.3) is 0 Å². The third kappa shape index (κ3) is 4.40. The van der Waals surface area contributed by atoms with Crippen LogP contribution in [0.15, 0.2) is 41.0 Å². The SMILES string of the molecule is Cc1cc(C)n(Cc2cccc(NC(=O)CCn3ncc(Br)c3C)c2)n1. The van der Waals surface area contributed by atoms with Gasteiger partial charge in [-0.25, -0.2) is 0 Å². The minimum atomic E-state index is -0.0284. The Kier molecular flexibility index (Phi) is 5.56. The molecule has 1 aromatic carbocycles. The van der Waals surface area contributed by atoms with E-state index in [9.17, 15) is 4.79 Å². The molecular formula is C19H22BrN5O. The molecule has 3 aromatic rings. The zero-order valence-corrected chi connectivity index (χ0v) is 16.7. The lowest BCUT2D eigenvalue weighted by Gasteiger charge is -2.09. The molecule has 136 valence electrons. The van der Waals surface area contributed by atoms with Crippen molar-refractivity contribution in [3.63, 3.8) is 0 Å². The summed E-state index contributed by atoms with van der Waals surface area (Å²) in [5.74, 6) is -0.0284. The van der Waals surface area contributed by atoms with Gasteiger partial charge in [-0.15, -0.1) is 0 Å². The van der Waals surface area contributed by atoms with E-state index in [1.54, 1.807) is 6.20 Å². The van der Waals surface area contributed by atoms with Gasteiger partial charge in [-0.2, -0.15) is 10.2 Å². The van der Waals surface area contributed by atoms with Crippen LogP contribution >= 0.6 is 15.9 Å². The van der Waals surface area contributed by atoms with Gasteiger partial charge in [0.05, 0.1) is 29.5 Å². The van der Waals surface area contributed by atoms with Crippen molar-refractivity contribution in [1.29, 1.82) is 0 Å². The molecule has 0 aliphatic carbocycles. The number of carbonyl (C=O) groups is 1. The van der Waals surface area contributed by atoms with Crippen molar-refractivity contribution in [3.8, 4) is 0 Å². The van der Waals surface area contributed by atoms with Gasteiger partial charge in [0.25, 0.3) is 0 Å². The number of hydrogen-bond donors (Lipinski definition) is 1. The van der Waals surface area contributed by atoms with E-state index in [1.165, 1.54) is 0 Å². The van der Waals surface area contributed by atoms with E-state index >= 15 is 0 Å². The van der Waals surface area contributed by atoms with Gasteiger partial charge in [-0.05, 0) is 60.5 Å². The van der Waals surface area contributed by atoms with E-state index in [2.05, 4.69) is 37.5 Å². The Morgan fingerprint density at radius 1 is 1.19 bits per heavy atom. The second-order valence-corrected chi connectivity index (χ2v) is 7.24. The van der Waals surface area contributed by atoms with Gasteiger partial charge in [0.1, 0.15) is 0 Å². The summed E-state index contributed by atoms with van der Waals surface area (Å²) >= 11 is 3.43. The summed E-state index contributed by atoms with van der Waals surface area (Å²) in [6, 6.07) is 9.94. The van der Waals surface area contributed by atoms with Crippen LogP contribution < -0.4 is 5.32 Å². The largest absolute Gasteiger partial charge is 0.326 e. The first-order valence-electron chi connectivity index (χ1n) is 8.50. The van der Waals surface area contributed by atoms with Crippen LogP contribution in [-0.4, -0.2) is 25.5 Å². The Labute approximate surface area is 161 Å². The fourth-order valence-corrected chi connectivity index (χ4v) is 3.13. The number of amides is 1. The number of halogens is 1. The minimum absolute atomic E-state index is 0.0284. The predicted molar refractivity (Wildman–Crippen MR) is 105 cm³/mol. The highest BCUT2D eigenvalue weighted by atomic mass is 79.9. The number of nitrogens with zero attached hydrogens (tertiary/aromatic N) is 4. The highest BCUT2D eigenvalue weighted by Crippen LogP contribution is 2.16.